The maximum Gasteiger partial charge on any atom is 0.164 e. The summed E-state index contributed by atoms with van der Waals surface area (Å²) in [5.41, 5.74) is 9.64. The third kappa shape index (κ3) is 4.57. The first-order valence-corrected chi connectivity index (χ1v) is 19.1. The van der Waals surface area contributed by atoms with Gasteiger partial charge in [-0.1, -0.05) is 176 Å². The number of nitrogens with zero attached hydrogens (tertiary/aromatic N) is 3. The first kappa shape index (κ1) is 30.8. The maximum absolute atomic E-state index is 5.35. The molecule has 252 valence electrons. The van der Waals surface area contributed by atoms with Gasteiger partial charge in [0.05, 0.1) is 5.41 Å². The fraction of sp³-hybridized carbons (Fsp3) is 0.0200. The first-order valence-electron chi connectivity index (χ1n) is 18.3. The van der Waals surface area contributed by atoms with Gasteiger partial charge < -0.3 is 0 Å². The van der Waals surface area contributed by atoms with Crippen LogP contribution in [0.2, 0.25) is 0 Å². The molecule has 0 aliphatic heterocycles. The van der Waals surface area contributed by atoms with Crippen molar-refractivity contribution < 1.29 is 0 Å². The van der Waals surface area contributed by atoms with Crippen LogP contribution < -0.4 is 0 Å². The summed E-state index contributed by atoms with van der Waals surface area (Å²) in [7, 11) is 0. The van der Waals surface area contributed by atoms with E-state index in [1.165, 1.54) is 58.8 Å². The highest BCUT2D eigenvalue weighted by Crippen LogP contribution is 2.59. The van der Waals surface area contributed by atoms with Crippen LogP contribution in [0.25, 0.3) is 76.2 Å². The molecule has 0 saturated heterocycles. The van der Waals surface area contributed by atoms with Gasteiger partial charge in [-0.05, 0) is 56.3 Å². The van der Waals surface area contributed by atoms with Crippen molar-refractivity contribution in [3.63, 3.8) is 0 Å². The summed E-state index contributed by atoms with van der Waals surface area (Å²) < 4.78 is 2.49. The molecule has 3 nitrogen and oxygen atoms in total. The molecular weight excluding hydrogens is 675 g/mol. The molecule has 2 heterocycles. The molecule has 11 rings (SSSR count). The molecule has 0 saturated carbocycles. The second kappa shape index (κ2) is 12.2. The van der Waals surface area contributed by atoms with Crippen molar-refractivity contribution in [2.75, 3.05) is 0 Å². The van der Waals surface area contributed by atoms with Crippen molar-refractivity contribution in [2.24, 2.45) is 0 Å². The molecule has 2 aromatic heterocycles. The lowest BCUT2D eigenvalue weighted by atomic mass is 9.66. The molecule has 0 N–H and O–H groups in total. The Labute approximate surface area is 316 Å². The molecule has 0 atom stereocenters. The standard InChI is InChI=1S/C50H31N3S/c1-4-16-33(17-5-1)47-51-48(34-28-29-39-38-23-12-13-26-43(38)54-44(39)31-34)53-49(52-47)41-24-14-25-42-45(41)40-30-27-32-15-10-11-22-37(32)46(40)50(42,35-18-6-2-7-19-35)36-20-8-3-9-21-36/h1-31H. The van der Waals surface area contributed by atoms with Crippen LogP contribution in [0.3, 0.4) is 0 Å². The van der Waals surface area contributed by atoms with Crippen LogP contribution in [-0.2, 0) is 5.41 Å². The number of benzene rings is 8. The lowest BCUT2D eigenvalue weighted by molar-refractivity contribution is 0.775. The minimum atomic E-state index is -0.575. The SMILES string of the molecule is c1ccc(-c2nc(-c3ccc4c(c3)sc3ccccc34)nc(-c3cccc4c3-c3ccc5ccccc5c3C4(c3ccccc3)c3ccccc3)n2)cc1. The summed E-state index contributed by atoms with van der Waals surface area (Å²) in [6, 6.07) is 67.4. The molecule has 0 unspecified atom stereocenters. The fourth-order valence-electron chi connectivity index (χ4n) is 8.71. The molecule has 0 radical (unpaired) electrons. The number of aromatic nitrogens is 3. The number of fused-ring (bicyclic) bond motifs is 8. The smallest absolute Gasteiger partial charge is 0.164 e. The van der Waals surface area contributed by atoms with E-state index in [0.29, 0.717) is 17.5 Å². The van der Waals surface area contributed by atoms with E-state index in [2.05, 4.69) is 170 Å². The van der Waals surface area contributed by atoms with Crippen molar-refractivity contribution >= 4 is 42.3 Å². The zero-order valence-electron chi connectivity index (χ0n) is 29.1. The Morgan fingerprint density at radius 1 is 0.389 bits per heavy atom. The maximum atomic E-state index is 5.35. The molecule has 0 spiro atoms. The zero-order valence-corrected chi connectivity index (χ0v) is 30.0. The highest BCUT2D eigenvalue weighted by Gasteiger charge is 2.48. The Morgan fingerprint density at radius 3 is 1.76 bits per heavy atom. The molecule has 10 aromatic rings. The minimum Gasteiger partial charge on any atom is -0.208 e. The van der Waals surface area contributed by atoms with E-state index < -0.39 is 5.41 Å². The van der Waals surface area contributed by atoms with Crippen molar-refractivity contribution in [1.29, 1.82) is 0 Å². The zero-order chi connectivity index (χ0) is 35.6. The largest absolute Gasteiger partial charge is 0.208 e. The fourth-order valence-corrected chi connectivity index (χ4v) is 9.85. The molecule has 54 heavy (non-hydrogen) atoms. The quantitative estimate of drug-likeness (QED) is 0.179. The van der Waals surface area contributed by atoms with E-state index in [0.717, 1.165) is 22.3 Å². The van der Waals surface area contributed by atoms with Gasteiger partial charge in [0.2, 0.25) is 0 Å². The molecule has 4 heteroatoms. The Morgan fingerprint density at radius 2 is 1.00 bits per heavy atom. The molecule has 0 bridgehead atoms. The molecular formula is C50H31N3S. The average Bonchev–Trinajstić information content (AvgIpc) is 3.78. The third-order valence-electron chi connectivity index (χ3n) is 11.0. The Balaban J connectivity index is 1.22. The van der Waals surface area contributed by atoms with Gasteiger partial charge in [0.15, 0.2) is 17.5 Å². The van der Waals surface area contributed by atoms with Gasteiger partial charge in [-0.15, -0.1) is 11.3 Å². The Kier molecular flexibility index (Phi) is 6.94. The molecule has 1 aliphatic carbocycles. The van der Waals surface area contributed by atoms with Crippen LogP contribution in [-0.4, -0.2) is 15.0 Å². The first-order chi connectivity index (χ1) is 26.8. The van der Waals surface area contributed by atoms with Crippen LogP contribution in [0.1, 0.15) is 22.3 Å². The second-order valence-corrected chi connectivity index (χ2v) is 15.0. The molecule has 0 amide bonds. The van der Waals surface area contributed by atoms with E-state index >= 15 is 0 Å². The predicted octanol–water partition coefficient (Wildman–Crippen LogP) is 12.8. The summed E-state index contributed by atoms with van der Waals surface area (Å²) in [6.45, 7) is 0. The number of rotatable bonds is 5. The molecule has 0 fully saturated rings. The second-order valence-electron chi connectivity index (χ2n) is 13.9. The van der Waals surface area contributed by atoms with Crippen molar-refractivity contribution in [3.05, 3.63) is 210 Å². The highest BCUT2D eigenvalue weighted by atomic mass is 32.1. The van der Waals surface area contributed by atoms with Crippen LogP contribution in [0.5, 0.6) is 0 Å². The molecule has 1 aliphatic rings. The lowest BCUT2D eigenvalue weighted by Gasteiger charge is -2.34. The van der Waals surface area contributed by atoms with E-state index in [-0.39, 0.29) is 0 Å². The van der Waals surface area contributed by atoms with Gasteiger partial charge >= 0.3 is 0 Å². The summed E-state index contributed by atoms with van der Waals surface area (Å²) in [4.78, 5) is 15.8. The normalized spacial score (nSPS) is 13.0. The van der Waals surface area contributed by atoms with Crippen LogP contribution in [0, 0.1) is 0 Å². The van der Waals surface area contributed by atoms with Gasteiger partial charge in [-0.25, -0.2) is 15.0 Å². The van der Waals surface area contributed by atoms with Crippen molar-refractivity contribution in [2.45, 2.75) is 5.41 Å². The van der Waals surface area contributed by atoms with Crippen molar-refractivity contribution in [3.8, 4) is 45.3 Å². The molecule has 8 aromatic carbocycles. The highest BCUT2D eigenvalue weighted by molar-refractivity contribution is 7.25. The van der Waals surface area contributed by atoms with Gasteiger partial charge in [-0.3, -0.25) is 0 Å². The number of hydrogen-bond acceptors (Lipinski definition) is 4. The monoisotopic (exact) mass is 705 g/mol. The summed E-state index contributed by atoms with van der Waals surface area (Å²) >= 11 is 1.81. The van der Waals surface area contributed by atoms with Crippen LogP contribution >= 0.6 is 11.3 Å². The Bertz CT molecular complexity index is 3000. The van der Waals surface area contributed by atoms with Gasteiger partial charge in [0.1, 0.15) is 0 Å². The average molecular weight is 706 g/mol. The third-order valence-corrected chi connectivity index (χ3v) is 12.1. The van der Waals surface area contributed by atoms with E-state index in [4.69, 9.17) is 15.0 Å². The number of hydrogen-bond donors (Lipinski definition) is 0. The Hall–Kier alpha value is -6.75. The number of thiophene rings is 1. The van der Waals surface area contributed by atoms with Crippen molar-refractivity contribution in [1.82, 2.24) is 15.0 Å². The summed E-state index contributed by atoms with van der Waals surface area (Å²) in [6.07, 6.45) is 0. The lowest BCUT2D eigenvalue weighted by Crippen LogP contribution is -2.28. The minimum absolute atomic E-state index is 0.575. The van der Waals surface area contributed by atoms with E-state index in [1.807, 2.05) is 18.2 Å². The van der Waals surface area contributed by atoms with Gasteiger partial charge in [0.25, 0.3) is 0 Å². The van der Waals surface area contributed by atoms with Crippen LogP contribution in [0.4, 0.5) is 0 Å². The summed E-state index contributed by atoms with van der Waals surface area (Å²) in [5, 5.41) is 4.98. The van der Waals surface area contributed by atoms with Crippen LogP contribution in [0.15, 0.2) is 188 Å². The summed E-state index contributed by atoms with van der Waals surface area (Å²) in [5.74, 6) is 1.96. The van der Waals surface area contributed by atoms with E-state index in [9.17, 15) is 0 Å². The predicted molar refractivity (Wildman–Crippen MR) is 224 cm³/mol. The van der Waals surface area contributed by atoms with E-state index in [1.54, 1.807) is 11.3 Å². The van der Waals surface area contributed by atoms with Gasteiger partial charge in [0, 0.05) is 36.9 Å². The van der Waals surface area contributed by atoms with Gasteiger partial charge in [-0.2, -0.15) is 0 Å². The topological polar surface area (TPSA) is 38.7 Å².